The summed E-state index contributed by atoms with van der Waals surface area (Å²) >= 11 is 0. The Hall–Kier alpha value is -1.68. The first kappa shape index (κ1) is 24.0. The molecule has 1 saturated heterocycles. The van der Waals surface area contributed by atoms with Crippen LogP contribution in [0.3, 0.4) is 0 Å². The topological polar surface area (TPSA) is 15.7 Å². The average molecular weight is 461 g/mol. The van der Waals surface area contributed by atoms with E-state index in [1.807, 2.05) is 0 Å². The summed E-state index contributed by atoms with van der Waals surface area (Å²) in [6.07, 6.45) is 6.15. The zero-order valence-electron chi connectivity index (χ0n) is 21.8. The first-order valence-electron chi connectivity index (χ1n) is 13.6. The average Bonchev–Trinajstić information content (AvgIpc) is 3.17. The Morgan fingerprint density at radius 3 is 2.03 bits per heavy atom. The van der Waals surface area contributed by atoms with Gasteiger partial charge in [-0.3, -0.25) is 9.80 Å². The maximum absolute atomic E-state index is 7.43. The van der Waals surface area contributed by atoms with Crippen LogP contribution in [0.1, 0.15) is 64.5 Å². The first-order valence-corrected chi connectivity index (χ1v) is 13.6. The van der Waals surface area contributed by atoms with Crippen molar-refractivity contribution >= 4 is 0 Å². The number of hydrogen-bond donors (Lipinski definition) is 0. The molecule has 2 saturated carbocycles. The number of nitrogens with zero attached hydrogens (tertiary/aromatic N) is 2. The molecular formula is C31H44N2O. The minimum absolute atomic E-state index is 0.0807. The maximum Gasteiger partial charge on any atom is 0.111 e. The molecule has 3 fully saturated rings. The summed E-state index contributed by atoms with van der Waals surface area (Å²) in [6.45, 7) is 15.4. The van der Waals surface area contributed by atoms with E-state index in [0.29, 0.717) is 5.41 Å². The van der Waals surface area contributed by atoms with Crippen molar-refractivity contribution in [2.24, 2.45) is 16.7 Å². The van der Waals surface area contributed by atoms with E-state index in [0.717, 1.165) is 51.5 Å². The van der Waals surface area contributed by atoms with Gasteiger partial charge in [-0.2, -0.15) is 0 Å². The van der Waals surface area contributed by atoms with Crippen molar-refractivity contribution in [1.29, 1.82) is 0 Å². The molecule has 2 aromatic carbocycles. The molecule has 2 bridgehead atoms. The second-order valence-electron chi connectivity index (χ2n) is 11.9. The monoisotopic (exact) mass is 460 g/mol. The number of benzene rings is 2. The van der Waals surface area contributed by atoms with Crippen LogP contribution in [0.2, 0.25) is 0 Å². The van der Waals surface area contributed by atoms with Gasteiger partial charge in [0.15, 0.2) is 0 Å². The zero-order valence-corrected chi connectivity index (χ0v) is 21.8. The normalized spacial score (nSPS) is 32.2. The smallest absolute Gasteiger partial charge is 0.111 e. The second-order valence-corrected chi connectivity index (χ2v) is 11.9. The summed E-state index contributed by atoms with van der Waals surface area (Å²) in [6, 6.07) is 22.0. The molecule has 2 aromatic rings. The Labute approximate surface area is 207 Å². The van der Waals surface area contributed by atoms with Crippen LogP contribution in [0.15, 0.2) is 60.7 Å². The van der Waals surface area contributed by atoms with E-state index in [1.165, 1.54) is 30.4 Å². The zero-order chi connectivity index (χ0) is 23.8. The summed E-state index contributed by atoms with van der Waals surface area (Å²) in [4.78, 5) is 5.23. The van der Waals surface area contributed by atoms with E-state index in [-0.39, 0.29) is 17.2 Å². The number of fused-ring (bicyclic) bond motifs is 2. The van der Waals surface area contributed by atoms with Gasteiger partial charge in [0.05, 0.1) is 5.60 Å². The van der Waals surface area contributed by atoms with Gasteiger partial charge in [-0.25, -0.2) is 0 Å². The molecule has 0 radical (unpaired) electrons. The lowest BCUT2D eigenvalue weighted by molar-refractivity contribution is -0.214. The highest BCUT2D eigenvalue weighted by atomic mass is 16.5. The number of piperazine rings is 1. The molecule has 0 N–H and O–H groups in total. The third-order valence-electron chi connectivity index (χ3n) is 10.1. The minimum atomic E-state index is -0.0807. The number of rotatable bonds is 8. The fraction of sp³-hybridized carbons (Fsp3) is 0.613. The highest BCUT2D eigenvalue weighted by Gasteiger charge is 2.69. The van der Waals surface area contributed by atoms with Gasteiger partial charge in [0.25, 0.3) is 0 Å². The quantitative estimate of drug-likeness (QED) is 0.454. The van der Waals surface area contributed by atoms with Gasteiger partial charge in [-0.15, -0.1) is 0 Å². The summed E-state index contributed by atoms with van der Waals surface area (Å²) in [7, 11) is 0. The molecule has 3 nitrogen and oxygen atoms in total. The van der Waals surface area contributed by atoms with E-state index in [1.54, 1.807) is 0 Å². The lowest BCUT2D eigenvalue weighted by atomic mass is 9.62. The number of hydrogen-bond acceptors (Lipinski definition) is 3. The fourth-order valence-electron chi connectivity index (χ4n) is 7.53. The molecule has 2 aliphatic carbocycles. The van der Waals surface area contributed by atoms with Crippen LogP contribution >= 0.6 is 0 Å². The van der Waals surface area contributed by atoms with Crippen LogP contribution in [0.4, 0.5) is 0 Å². The van der Waals surface area contributed by atoms with Crippen molar-refractivity contribution in [3.63, 3.8) is 0 Å². The Morgan fingerprint density at radius 2 is 1.50 bits per heavy atom. The van der Waals surface area contributed by atoms with Gasteiger partial charge in [0.1, 0.15) is 6.23 Å². The molecule has 4 atom stereocenters. The molecule has 5 rings (SSSR count). The van der Waals surface area contributed by atoms with Crippen molar-refractivity contribution < 1.29 is 4.74 Å². The van der Waals surface area contributed by atoms with Crippen molar-refractivity contribution in [3.8, 4) is 0 Å². The van der Waals surface area contributed by atoms with Crippen molar-refractivity contribution in [2.45, 2.75) is 78.2 Å². The van der Waals surface area contributed by atoms with Crippen LogP contribution in [-0.2, 0) is 17.7 Å². The molecule has 184 valence electrons. The second kappa shape index (κ2) is 9.41. The Balaban J connectivity index is 1.32. The summed E-state index contributed by atoms with van der Waals surface area (Å²) in [5, 5.41) is 0. The van der Waals surface area contributed by atoms with E-state index < -0.39 is 0 Å². The lowest BCUT2D eigenvalue weighted by Crippen LogP contribution is -2.57. The van der Waals surface area contributed by atoms with Crippen LogP contribution in [0.5, 0.6) is 0 Å². The highest BCUT2D eigenvalue weighted by Crippen LogP contribution is 2.71. The van der Waals surface area contributed by atoms with Crippen LogP contribution in [0, 0.1) is 16.7 Å². The van der Waals surface area contributed by atoms with Gasteiger partial charge in [0.2, 0.25) is 0 Å². The first-order chi connectivity index (χ1) is 16.4. The largest absolute Gasteiger partial charge is 0.356 e. The SMILES string of the molecule is CCC(OC1(Cc2ccccc2)CC2CCC1(C)C2(C)C)N1CCN(Cc2ccccc2)CC1. The molecule has 34 heavy (non-hydrogen) atoms. The van der Waals surface area contributed by atoms with Crippen molar-refractivity contribution in [1.82, 2.24) is 9.80 Å². The molecule has 1 aliphatic heterocycles. The molecule has 1 heterocycles. The van der Waals surface area contributed by atoms with Crippen molar-refractivity contribution in [3.05, 3.63) is 71.8 Å². The maximum atomic E-state index is 7.43. The molecule has 0 amide bonds. The van der Waals surface area contributed by atoms with E-state index >= 15 is 0 Å². The van der Waals surface area contributed by atoms with E-state index in [2.05, 4.69) is 98.2 Å². The molecule has 3 heteroatoms. The fourth-order valence-corrected chi connectivity index (χ4v) is 7.53. The summed E-state index contributed by atoms with van der Waals surface area (Å²) in [5.41, 5.74) is 3.30. The van der Waals surface area contributed by atoms with Crippen LogP contribution in [-0.4, -0.2) is 47.8 Å². The van der Waals surface area contributed by atoms with Crippen molar-refractivity contribution in [2.75, 3.05) is 26.2 Å². The van der Waals surface area contributed by atoms with Gasteiger partial charge < -0.3 is 4.74 Å². The number of ether oxygens (including phenoxy) is 1. The Morgan fingerprint density at radius 1 is 0.882 bits per heavy atom. The van der Waals surface area contributed by atoms with Gasteiger partial charge in [0, 0.05) is 44.6 Å². The third kappa shape index (κ3) is 4.14. The molecule has 4 unspecified atom stereocenters. The minimum Gasteiger partial charge on any atom is -0.356 e. The van der Waals surface area contributed by atoms with Crippen LogP contribution < -0.4 is 0 Å². The van der Waals surface area contributed by atoms with Crippen LogP contribution in [0.25, 0.3) is 0 Å². The van der Waals surface area contributed by atoms with Gasteiger partial charge in [-0.05, 0) is 48.1 Å². The van der Waals surface area contributed by atoms with Gasteiger partial charge in [-0.1, -0.05) is 88.4 Å². The summed E-state index contributed by atoms with van der Waals surface area (Å²) < 4.78 is 7.43. The lowest BCUT2D eigenvalue weighted by Gasteiger charge is -2.52. The Bertz CT molecular complexity index is 936. The summed E-state index contributed by atoms with van der Waals surface area (Å²) in [5.74, 6) is 0.765. The molecule has 0 spiro atoms. The molecule has 3 aliphatic rings. The Kier molecular flexibility index (Phi) is 6.65. The molecule has 0 aromatic heterocycles. The predicted octanol–water partition coefficient (Wildman–Crippen LogP) is 6.38. The third-order valence-corrected chi connectivity index (χ3v) is 10.1. The van der Waals surface area contributed by atoms with Gasteiger partial charge >= 0.3 is 0 Å². The predicted molar refractivity (Wildman–Crippen MR) is 141 cm³/mol. The standard InChI is InChI=1S/C31H44N2O/c1-5-28(33-20-18-32(19-21-33)24-26-14-10-7-11-15-26)34-31(22-25-12-8-6-9-13-25)23-27-16-17-30(31,4)29(27,2)3/h6-15,27-28H,5,16-24H2,1-4H3. The molecular weight excluding hydrogens is 416 g/mol. The van der Waals surface area contributed by atoms with E-state index in [4.69, 9.17) is 4.74 Å². The van der Waals surface area contributed by atoms with E-state index in [9.17, 15) is 0 Å². The highest BCUT2D eigenvalue weighted by molar-refractivity contribution is 5.25.